The highest BCUT2D eigenvalue weighted by Crippen LogP contribution is 2.37. The molecule has 1 heterocycles. The average Bonchev–Trinajstić information content (AvgIpc) is 2.89. The summed E-state index contributed by atoms with van der Waals surface area (Å²) in [6, 6.07) is -0.0771. The molecule has 1 aliphatic heterocycles. The monoisotopic (exact) mass is 390 g/mol. The Labute approximate surface area is 136 Å². The summed E-state index contributed by atoms with van der Waals surface area (Å²) in [6.45, 7) is -0.336. The van der Waals surface area contributed by atoms with Gasteiger partial charge in [0.2, 0.25) is 0 Å². The standard InChI is InChI=1S/C12H8F6N2O4S/c13-11(14,15)6-1-7(12(16,17)18)3-9(2-6)25(22,23)20-19-8-4-10(21)24-5-8/h1-4,19-20H,5H2. The van der Waals surface area contributed by atoms with Crippen LogP contribution in [0.3, 0.4) is 0 Å². The Bertz CT molecular complexity index is 797. The second-order valence-corrected chi connectivity index (χ2v) is 6.43. The van der Waals surface area contributed by atoms with E-state index in [0.717, 1.165) is 6.08 Å². The van der Waals surface area contributed by atoms with Crippen molar-refractivity contribution in [1.82, 2.24) is 10.3 Å². The van der Waals surface area contributed by atoms with E-state index in [-0.39, 0.29) is 30.5 Å². The van der Waals surface area contributed by atoms with Crippen molar-refractivity contribution >= 4 is 16.0 Å². The van der Waals surface area contributed by atoms with Crippen LogP contribution in [0.15, 0.2) is 34.9 Å². The molecule has 138 valence electrons. The molecule has 1 aromatic carbocycles. The first-order valence-corrected chi connectivity index (χ1v) is 7.72. The van der Waals surface area contributed by atoms with Gasteiger partial charge in [0.15, 0.2) is 0 Å². The molecule has 0 aromatic heterocycles. The van der Waals surface area contributed by atoms with Gasteiger partial charge in [-0.1, -0.05) is 0 Å². The molecule has 0 saturated carbocycles. The zero-order valence-corrected chi connectivity index (χ0v) is 12.6. The van der Waals surface area contributed by atoms with Crippen molar-refractivity contribution in [2.45, 2.75) is 17.2 Å². The molecular weight excluding hydrogens is 382 g/mol. The maximum Gasteiger partial charge on any atom is 0.416 e. The van der Waals surface area contributed by atoms with Crippen LogP contribution in [0.4, 0.5) is 26.3 Å². The molecule has 1 aliphatic rings. The summed E-state index contributed by atoms with van der Waals surface area (Å²) >= 11 is 0. The number of rotatable bonds is 4. The van der Waals surface area contributed by atoms with Gasteiger partial charge in [0.1, 0.15) is 6.61 Å². The van der Waals surface area contributed by atoms with Crippen LogP contribution in [-0.2, 0) is 31.9 Å². The van der Waals surface area contributed by atoms with Crippen LogP contribution >= 0.6 is 0 Å². The third-order valence-electron chi connectivity index (χ3n) is 2.88. The number of hydrogen-bond acceptors (Lipinski definition) is 5. The largest absolute Gasteiger partial charge is 0.456 e. The molecule has 0 saturated heterocycles. The summed E-state index contributed by atoms with van der Waals surface area (Å²) in [6.07, 6.45) is -9.52. The topological polar surface area (TPSA) is 84.5 Å². The van der Waals surface area contributed by atoms with E-state index in [9.17, 15) is 39.6 Å². The van der Waals surface area contributed by atoms with E-state index in [1.807, 2.05) is 5.43 Å². The fourth-order valence-electron chi connectivity index (χ4n) is 1.72. The quantitative estimate of drug-likeness (QED) is 0.467. The lowest BCUT2D eigenvalue weighted by atomic mass is 10.1. The van der Waals surface area contributed by atoms with Gasteiger partial charge in [-0.15, -0.1) is 4.83 Å². The van der Waals surface area contributed by atoms with Crippen LogP contribution in [0, 0.1) is 0 Å². The number of alkyl halides is 6. The zero-order chi connectivity index (χ0) is 19.0. The van der Waals surface area contributed by atoms with E-state index in [0.29, 0.717) is 0 Å². The number of nitrogens with one attached hydrogen (secondary N) is 2. The predicted molar refractivity (Wildman–Crippen MR) is 68.9 cm³/mol. The number of esters is 1. The zero-order valence-electron chi connectivity index (χ0n) is 11.8. The van der Waals surface area contributed by atoms with E-state index in [1.165, 1.54) is 0 Å². The van der Waals surface area contributed by atoms with Gasteiger partial charge in [-0.25, -0.2) is 13.2 Å². The minimum Gasteiger partial charge on any atom is -0.456 e. The number of halogens is 6. The first-order valence-electron chi connectivity index (χ1n) is 6.24. The second kappa shape index (κ2) is 6.22. The van der Waals surface area contributed by atoms with Crippen molar-refractivity contribution in [2.75, 3.05) is 6.61 Å². The molecule has 0 fully saturated rings. The Kier molecular flexibility index (Phi) is 4.74. The molecule has 1 aromatic rings. The molecule has 2 rings (SSSR count). The van der Waals surface area contributed by atoms with Gasteiger partial charge >= 0.3 is 18.3 Å². The Morgan fingerprint density at radius 1 is 0.960 bits per heavy atom. The summed E-state index contributed by atoms with van der Waals surface area (Å²) in [5.74, 6) is -0.792. The van der Waals surface area contributed by atoms with E-state index < -0.39 is 44.4 Å². The third-order valence-corrected chi connectivity index (χ3v) is 4.11. The molecule has 0 atom stereocenters. The molecule has 0 aliphatic carbocycles. The minimum atomic E-state index is -5.19. The molecule has 0 spiro atoms. The third kappa shape index (κ3) is 4.63. The van der Waals surface area contributed by atoms with Crippen molar-refractivity contribution in [2.24, 2.45) is 0 Å². The maximum absolute atomic E-state index is 12.7. The fourth-order valence-corrected chi connectivity index (χ4v) is 2.67. The average molecular weight is 390 g/mol. The molecule has 25 heavy (non-hydrogen) atoms. The Morgan fingerprint density at radius 2 is 1.48 bits per heavy atom. The summed E-state index contributed by atoms with van der Waals surface area (Å²) < 4.78 is 105. The highest BCUT2D eigenvalue weighted by Gasteiger charge is 2.38. The SMILES string of the molecule is O=C1C=C(NNS(=O)(=O)c2cc(C(F)(F)F)cc(C(F)(F)F)c2)CO1. The van der Waals surface area contributed by atoms with E-state index >= 15 is 0 Å². The molecule has 0 radical (unpaired) electrons. The lowest BCUT2D eigenvalue weighted by Gasteiger charge is -2.15. The number of hydrogen-bond donors (Lipinski definition) is 2. The van der Waals surface area contributed by atoms with Gasteiger partial charge in [-0.3, -0.25) is 0 Å². The van der Waals surface area contributed by atoms with Gasteiger partial charge in [0.25, 0.3) is 10.0 Å². The number of hydrazine groups is 1. The van der Waals surface area contributed by atoms with Crippen molar-refractivity contribution in [3.05, 3.63) is 41.1 Å². The summed E-state index contributed by atoms with van der Waals surface area (Å²) in [5, 5.41) is 0. The van der Waals surface area contributed by atoms with Crippen molar-refractivity contribution in [3.8, 4) is 0 Å². The molecule has 13 heteroatoms. The molecule has 0 bridgehead atoms. The molecule has 2 N–H and O–H groups in total. The highest BCUT2D eigenvalue weighted by molar-refractivity contribution is 7.89. The van der Waals surface area contributed by atoms with Crippen LogP contribution < -0.4 is 10.3 Å². The Morgan fingerprint density at radius 3 is 1.88 bits per heavy atom. The van der Waals surface area contributed by atoms with E-state index in [1.54, 1.807) is 4.83 Å². The van der Waals surface area contributed by atoms with Crippen LogP contribution in [0.25, 0.3) is 0 Å². The maximum atomic E-state index is 12.7. The number of cyclic esters (lactones) is 1. The molecule has 0 unspecified atom stereocenters. The Hall–Kier alpha value is -2.28. The van der Waals surface area contributed by atoms with Crippen LogP contribution in [0.2, 0.25) is 0 Å². The molecular formula is C12H8F6N2O4S. The number of carbonyl (C=O) groups excluding carboxylic acids is 1. The first kappa shape index (κ1) is 19.1. The summed E-state index contributed by atoms with van der Waals surface area (Å²) in [7, 11) is -4.80. The lowest BCUT2D eigenvalue weighted by Crippen LogP contribution is -2.37. The van der Waals surface area contributed by atoms with Gasteiger partial charge in [0, 0.05) is 6.08 Å². The van der Waals surface area contributed by atoms with Crippen molar-refractivity contribution < 1.29 is 44.3 Å². The van der Waals surface area contributed by atoms with Gasteiger partial charge in [-0.05, 0) is 18.2 Å². The van der Waals surface area contributed by atoms with Crippen LogP contribution in [0.5, 0.6) is 0 Å². The number of ether oxygens (including phenoxy) is 1. The first-order chi connectivity index (χ1) is 11.3. The van der Waals surface area contributed by atoms with Crippen molar-refractivity contribution in [1.29, 1.82) is 0 Å². The van der Waals surface area contributed by atoms with Gasteiger partial charge in [-0.2, -0.15) is 26.3 Å². The molecule has 6 nitrogen and oxygen atoms in total. The lowest BCUT2D eigenvalue weighted by molar-refractivity contribution is -0.143. The number of carbonyl (C=O) groups is 1. The van der Waals surface area contributed by atoms with Crippen molar-refractivity contribution in [3.63, 3.8) is 0 Å². The minimum absolute atomic E-state index is 0.0595. The van der Waals surface area contributed by atoms with Crippen LogP contribution in [0.1, 0.15) is 11.1 Å². The number of sulfonamides is 1. The smallest absolute Gasteiger partial charge is 0.416 e. The second-order valence-electron chi connectivity index (χ2n) is 4.75. The molecule has 0 amide bonds. The van der Waals surface area contributed by atoms with Gasteiger partial charge < -0.3 is 10.2 Å². The Balaban J connectivity index is 2.38. The summed E-state index contributed by atoms with van der Waals surface area (Å²) in [5.41, 5.74) is -1.64. The van der Waals surface area contributed by atoms with E-state index in [2.05, 4.69) is 4.74 Å². The van der Waals surface area contributed by atoms with E-state index in [4.69, 9.17) is 0 Å². The normalized spacial score (nSPS) is 15.8. The predicted octanol–water partition coefficient (Wildman–Crippen LogP) is 1.95. The highest BCUT2D eigenvalue weighted by atomic mass is 32.2. The summed E-state index contributed by atoms with van der Waals surface area (Å²) in [4.78, 5) is 11.1. The fraction of sp³-hybridized carbons (Fsp3) is 0.250. The van der Waals surface area contributed by atoms with Crippen LogP contribution in [-0.4, -0.2) is 21.0 Å². The van der Waals surface area contributed by atoms with Gasteiger partial charge in [0.05, 0.1) is 21.7 Å². The number of benzene rings is 1.